The molecule has 0 unspecified atom stereocenters. The lowest BCUT2D eigenvalue weighted by atomic mass is 9.95. The Morgan fingerprint density at radius 2 is 2.05 bits per heavy atom. The number of hydrogen-bond acceptors (Lipinski definition) is 4. The summed E-state index contributed by atoms with van der Waals surface area (Å²) in [6.45, 7) is 0.826. The van der Waals surface area contributed by atoms with Gasteiger partial charge in [-0.15, -0.1) is 0 Å². The Balaban J connectivity index is 0.00000242. The summed E-state index contributed by atoms with van der Waals surface area (Å²) in [7, 11) is 1.61. The molecular weight excluding hydrogens is 368 g/mol. The minimum atomic E-state index is 0. The second-order valence-electron chi connectivity index (χ2n) is 5.27. The number of nitrogens with one attached hydrogen (secondary N) is 1. The Morgan fingerprint density at radius 1 is 1.32 bits per heavy atom. The number of hydrogen-bond donors (Lipinski definition) is 1. The van der Waals surface area contributed by atoms with E-state index in [1.807, 2.05) is 18.2 Å². The zero-order chi connectivity index (χ0) is 15.1. The van der Waals surface area contributed by atoms with E-state index in [4.69, 9.17) is 14.7 Å². The molecule has 1 N–H and O–H groups in total. The van der Waals surface area contributed by atoms with Crippen LogP contribution in [0.5, 0.6) is 11.5 Å². The van der Waals surface area contributed by atoms with Crippen molar-refractivity contribution in [2.75, 3.05) is 13.7 Å². The van der Waals surface area contributed by atoms with Gasteiger partial charge in [-0.2, -0.15) is 5.26 Å². The molecule has 1 aliphatic carbocycles. The standard InChI is InChI=1S/C16H21BrN2O2.ClH/c1-20-15-10-12(9-14(17)16(15)21-8-7-18)11-19-13-5-3-2-4-6-13;/h9-10,13,19H,2-6,8,11H2,1H3;1H/p-1. The monoisotopic (exact) mass is 387 g/mol. The Kier molecular flexibility index (Phi) is 8.62. The third-order valence-electron chi connectivity index (χ3n) is 3.77. The molecule has 1 aliphatic rings. The van der Waals surface area contributed by atoms with Crippen molar-refractivity contribution in [2.45, 2.75) is 44.7 Å². The highest BCUT2D eigenvalue weighted by molar-refractivity contribution is 9.10. The second-order valence-corrected chi connectivity index (χ2v) is 6.13. The van der Waals surface area contributed by atoms with Crippen LogP contribution in [0.2, 0.25) is 0 Å². The Bertz CT molecular complexity index is 514. The lowest BCUT2D eigenvalue weighted by Crippen LogP contribution is -3.00. The minimum absolute atomic E-state index is 0. The van der Waals surface area contributed by atoms with Crippen LogP contribution < -0.4 is 27.2 Å². The quantitative estimate of drug-likeness (QED) is 0.783. The highest BCUT2D eigenvalue weighted by Gasteiger charge is 2.15. The molecule has 0 radical (unpaired) electrons. The van der Waals surface area contributed by atoms with Gasteiger partial charge in [-0.3, -0.25) is 0 Å². The van der Waals surface area contributed by atoms with E-state index in [9.17, 15) is 0 Å². The number of nitrogens with zero attached hydrogens (tertiary/aromatic N) is 1. The normalized spacial score (nSPS) is 14.8. The molecule has 0 heterocycles. The van der Waals surface area contributed by atoms with Gasteiger partial charge < -0.3 is 27.2 Å². The number of halogens is 2. The van der Waals surface area contributed by atoms with E-state index < -0.39 is 0 Å². The molecule has 0 amide bonds. The van der Waals surface area contributed by atoms with Crippen LogP contribution in [-0.2, 0) is 6.54 Å². The molecule has 1 fully saturated rings. The van der Waals surface area contributed by atoms with E-state index >= 15 is 0 Å². The maximum Gasteiger partial charge on any atom is 0.176 e. The molecule has 2 rings (SSSR count). The lowest BCUT2D eigenvalue weighted by molar-refractivity contribution is -0.00000513. The van der Waals surface area contributed by atoms with Crippen molar-refractivity contribution in [2.24, 2.45) is 0 Å². The smallest absolute Gasteiger partial charge is 0.176 e. The number of nitriles is 1. The summed E-state index contributed by atoms with van der Waals surface area (Å²) >= 11 is 3.49. The molecule has 1 aromatic rings. The summed E-state index contributed by atoms with van der Waals surface area (Å²) in [4.78, 5) is 0. The van der Waals surface area contributed by atoms with Gasteiger partial charge in [-0.05, 0) is 46.5 Å². The predicted molar refractivity (Wildman–Crippen MR) is 85.5 cm³/mol. The van der Waals surface area contributed by atoms with Crippen LogP contribution in [-0.4, -0.2) is 19.8 Å². The fourth-order valence-corrected chi connectivity index (χ4v) is 3.29. The summed E-state index contributed by atoms with van der Waals surface area (Å²) in [5, 5.41) is 12.2. The number of rotatable bonds is 6. The molecule has 0 aromatic heterocycles. The first-order valence-electron chi connectivity index (χ1n) is 7.34. The highest BCUT2D eigenvalue weighted by Crippen LogP contribution is 2.36. The summed E-state index contributed by atoms with van der Waals surface area (Å²) in [5.41, 5.74) is 1.15. The van der Waals surface area contributed by atoms with E-state index in [0.29, 0.717) is 17.5 Å². The van der Waals surface area contributed by atoms with E-state index in [2.05, 4.69) is 21.2 Å². The van der Waals surface area contributed by atoms with Gasteiger partial charge in [0.05, 0.1) is 11.6 Å². The van der Waals surface area contributed by atoms with Crippen molar-refractivity contribution in [3.05, 3.63) is 22.2 Å². The molecular formula is C16H21BrClN2O2-. The van der Waals surface area contributed by atoms with Gasteiger partial charge in [0.25, 0.3) is 0 Å². The molecule has 1 aromatic carbocycles. The average molecular weight is 389 g/mol. The molecule has 22 heavy (non-hydrogen) atoms. The van der Waals surface area contributed by atoms with Gasteiger partial charge in [0.1, 0.15) is 6.07 Å². The zero-order valence-electron chi connectivity index (χ0n) is 12.7. The summed E-state index contributed by atoms with van der Waals surface area (Å²) < 4.78 is 11.6. The summed E-state index contributed by atoms with van der Waals surface area (Å²) in [6, 6.07) is 6.57. The van der Waals surface area contributed by atoms with Crippen LogP contribution in [0.4, 0.5) is 0 Å². The molecule has 4 nitrogen and oxygen atoms in total. The zero-order valence-corrected chi connectivity index (χ0v) is 15.0. The highest BCUT2D eigenvalue weighted by atomic mass is 79.9. The maximum absolute atomic E-state index is 8.62. The van der Waals surface area contributed by atoms with Crippen LogP contribution in [0, 0.1) is 11.3 Å². The van der Waals surface area contributed by atoms with Crippen LogP contribution >= 0.6 is 15.9 Å². The van der Waals surface area contributed by atoms with Crippen molar-refractivity contribution in [1.82, 2.24) is 5.32 Å². The first kappa shape index (κ1) is 19.1. The Labute approximate surface area is 146 Å². The first-order valence-corrected chi connectivity index (χ1v) is 8.13. The largest absolute Gasteiger partial charge is 1.00 e. The van der Waals surface area contributed by atoms with Gasteiger partial charge in [0.2, 0.25) is 0 Å². The van der Waals surface area contributed by atoms with Gasteiger partial charge in [0.15, 0.2) is 18.1 Å². The number of methoxy groups -OCH3 is 1. The first-order chi connectivity index (χ1) is 10.2. The average Bonchev–Trinajstić information content (AvgIpc) is 2.52. The van der Waals surface area contributed by atoms with E-state index in [1.165, 1.54) is 32.1 Å². The summed E-state index contributed by atoms with van der Waals surface area (Å²) in [6.07, 6.45) is 6.54. The van der Waals surface area contributed by atoms with Crippen molar-refractivity contribution < 1.29 is 21.9 Å². The fourth-order valence-electron chi connectivity index (χ4n) is 2.69. The SMILES string of the molecule is COc1cc(CNC2CCCCC2)cc(Br)c1OCC#N.[Cl-]. The molecule has 6 heteroatoms. The second kappa shape index (κ2) is 9.94. The minimum Gasteiger partial charge on any atom is -1.00 e. The van der Waals surface area contributed by atoms with Crippen LogP contribution in [0.25, 0.3) is 0 Å². The van der Waals surface area contributed by atoms with Crippen molar-refractivity contribution in [3.63, 3.8) is 0 Å². The fraction of sp³-hybridized carbons (Fsp3) is 0.562. The van der Waals surface area contributed by atoms with Gasteiger partial charge in [0, 0.05) is 12.6 Å². The predicted octanol–water partition coefficient (Wildman–Crippen LogP) is 0.786. The van der Waals surface area contributed by atoms with E-state index in [-0.39, 0.29) is 19.0 Å². The van der Waals surface area contributed by atoms with E-state index in [0.717, 1.165) is 16.6 Å². The lowest BCUT2D eigenvalue weighted by Gasteiger charge is -2.23. The topological polar surface area (TPSA) is 54.3 Å². The Hall–Kier alpha value is -0.960. The van der Waals surface area contributed by atoms with Crippen molar-refractivity contribution in [3.8, 4) is 17.6 Å². The van der Waals surface area contributed by atoms with Crippen LogP contribution in [0.15, 0.2) is 16.6 Å². The molecule has 0 saturated heterocycles. The van der Waals surface area contributed by atoms with Gasteiger partial charge in [-0.25, -0.2) is 0 Å². The van der Waals surface area contributed by atoms with Gasteiger partial charge in [-0.1, -0.05) is 19.3 Å². The summed E-state index contributed by atoms with van der Waals surface area (Å²) in [5.74, 6) is 1.24. The Morgan fingerprint density at radius 3 is 2.68 bits per heavy atom. The van der Waals surface area contributed by atoms with Gasteiger partial charge >= 0.3 is 0 Å². The van der Waals surface area contributed by atoms with E-state index in [1.54, 1.807) is 7.11 Å². The molecule has 122 valence electrons. The maximum atomic E-state index is 8.62. The molecule has 0 spiro atoms. The van der Waals surface area contributed by atoms with Crippen LogP contribution in [0.3, 0.4) is 0 Å². The van der Waals surface area contributed by atoms with Crippen molar-refractivity contribution in [1.29, 1.82) is 5.26 Å². The molecule has 1 saturated carbocycles. The third-order valence-corrected chi connectivity index (χ3v) is 4.36. The third kappa shape index (κ3) is 5.35. The molecule has 0 aliphatic heterocycles. The molecule has 0 atom stereocenters. The number of benzene rings is 1. The van der Waals surface area contributed by atoms with Crippen molar-refractivity contribution >= 4 is 15.9 Å². The van der Waals surface area contributed by atoms with Crippen LogP contribution in [0.1, 0.15) is 37.7 Å². The molecule has 0 bridgehead atoms. The number of ether oxygens (including phenoxy) is 2.